The van der Waals surface area contributed by atoms with Crippen molar-refractivity contribution in [2.45, 2.75) is 38.1 Å². The third kappa shape index (κ3) is 2.30. The quantitative estimate of drug-likeness (QED) is 0.860. The molecule has 4 heteroatoms. The molecule has 1 N–H and O–H groups in total. The summed E-state index contributed by atoms with van der Waals surface area (Å²) in [7, 11) is 0. The van der Waals surface area contributed by atoms with Gasteiger partial charge in [-0.05, 0) is 19.1 Å². The molecule has 0 amide bonds. The minimum atomic E-state index is 0.696. The first kappa shape index (κ1) is 10.5. The monoisotopic (exact) mass is 228 g/mol. The predicted octanol–water partition coefficient (Wildman–Crippen LogP) is 2.44. The summed E-state index contributed by atoms with van der Waals surface area (Å²) in [6.07, 6.45) is 1.31. The molecule has 1 aromatic heterocycles. The second kappa shape index (κ2) is 4.64. The third-order valence-electron chi connectivity index (χ3n) is 2.75. The average Bonchev–Trinajstić information content (AvgIpc) is 2.72. The molecule has 2 rings (SSSR count). The van der Waals surface area contributed by atoms with Crippen molar-refractivity contribution in [2.75, 3.05) is 5.75 Å². The number of aryl methyl sites for hydroxylation is 1. The number of rotatable bonds is 3. The van der Waals surface area contributed by atoms with Crippen LogP contribution in [0.2, 0.25) is 0 Å². The fourth-order valence-corrected chi connectivity index (χ4v) is 3.67. The van der Waals surface area contributed by atoms with E-state index >= 15 is 0 Å². The summed E-state index contributed by atoms with van der Waals surface area (Å²) in [5.41, 5.74) is 3.11. The van der Waals surface area contributed by atoms with Crippen molar-refractivity contribution < 1.29 is 0 Å². The van der Waals surface area contributed by atoms with E-state index in [-0.39, 0.29) is 0 Å². The van der Waals surface area contributed by atoms with Crippen LogP contribution in [-0.2, 0) is 6.54 Å². The van der Waals surface area contributed by atoms with Gasteiger partial charge in [-0.15, -0.1) is 11.3 Å². The smallest absolute Gasteiger partial charge is 0.0798 e. The molecule has 1 saturated heterocycles. The first-order chi connectivity index (χ1) is 6.77. The van der Waals surface area contributed by atoms with E-state index in [4.69, 9.17) is 0 Å². The Kier molecular flexibility index (Phi) is 3.47. The molecule has 1 aliphatic rings. The van der Waals surface area contributed by atoms with Crippen LogP contribution < -0.4 is 5.32 Å². The van der Waals surface area contributed by atoms with Gasteiger partial charge in [-0.1, -0.05) is 6.92 Å². The van der Waals surface area contributed by atoms with E-state index in [0.717, 1.165) is 11.8 Å². The highest BCUT2D eigenvalue weighted by atomic mass is 32.2. The summed E-state index contributed by atoms with van der Waals surface area (Å²) in [5.74, 6) is 1.31. The number of aromatic nitrogens is 1. The van der Waals surface area contributed by atoms with Gasteiger partial charge in [0.2, 0.25) is 0 Å². The van der Waals surface area contributed by atoms with E-state index in [9.17, 15) is 0 Å². The van der Waals surface area contributed by atoms with E-state index in [1.54, 1.807) is 11.3 Å². The lowest BCUT2D eigenvalue weighted by Gasteiger charge is -2.15. The molecule has 0 bridgehead atoms. The van der Waals surface area contributed by atoms with Crippen molar-refractivity contribution in [2.24, 2.45) is 0 Å². The lowest BCUT2D eigenvalue weighted by Crippen LogP contribution is -2.32. The van der Waals surface area contributed by atoms with Crippen LogP contribution in [0.25, 0.3) is 0 Å². The number of nitrogens with one attached hydrogen (secondary N) is 1. The lowest BCUT2D eigenvalue weighted by atomic mass is 10.2. The molecule has 0 aromatic carbocycles. The molecule has 1 aromatic rings. The zero-order valence-corrected chi connectivity index (χ0v) is 10.3. The highest BCUT2D eigenvalue weighted by Gasteiger charge is 2.23. The number of thiazole rings is 1. The molecule has 2 heterocycles. The van der Waals surface area contributed by atoms with Crippen LogP contribution in [0, 0.1) is 6.92 Å². The van der Waals surface area contributed by atoms with Crippen LogP contribution in [0.15, 0.2) is 5.51 Å². The van der Waals surface area contributed by atoms with Crippen molar-refractivity contribution in [1.29, 1.82) is 0 Å². The summed E-state index contributed by atoms with van der Waals surface area (Å²) in [5, 5.41) is 4.39. The summed E-state index contributed by atoms with van der Waals surface area (Å²) < 4.78 is 0. The van der Waals surface area contributed by atoms with Gasteiger partial charge in [0.1, 0.15) is 0 Å². The van der Waals surface area contributed by atoms with Gasteiger partial charge in [-0.25, -0.2) is 4.98 Å². The molecule has 14 heavy (non-hydrogen) atoms. The van der Waals surface area contributed by atoms with E-state index in [2.05, 4.69) is 35.9 Å². The number of thioether (sulfide) groups is 1. The van der Waals surface area contributed by atoms with E-state index < -0.39 is 0 Å². The van der Waals surface area contributed by atoms with Crippen LogP contribution in [0.4, 0.5) is 0 Å². The molecular formula is C10H16N2S2. The van der Waals surface area contributed by atoms with Gasteiger partial charge >= 0.3 is 0 Å². The normalized spacial score (nSPS) is 27.0. The van der Waals surface area contributed by atoms with Crippen LogP contribution in [0.5, 0.6) is 0 Å². The molecule has 0 aliphatic carbocycles. The molecule has 2 unspecified atom stereocenters. The fourth-order valence-electron chi connectivity index (χ4n) is 1.72. The topological polar surface area (TPSA) is 24.9 Å². The number of hydrogen-bond acceptors (Lipinski definition) is 4. The Morgan fingerprint density at radius 1 is 1.64 bits per heavy atom. The van der Waals surface area contributed by atoms with Gasteiger partial charge in [-0.3, -0.25) is 0 Å². The van der Waals surface area contributed by atoms with Crippen molar-refractivity contribution in [3.05, 3.63) is 16.1 Å². The Balaban J connectivity index is 1.85. The summed E-state index contributed by atoms with van der Waals surface area (Å²) >= 11 is 3.83. The van der Waals surface area contributed by atoms with Crippen molar-refractivity contribution in [3.8, 4) is 0 Å². The second-order valence-electron chi connectivity index (χ2n) is 3.71. The van der Waals surface area contributed by atoms with Crippen LogP contribution in [-0.4, -0.2) is 22.0 Å². The van der Waals surface area contributed by atoms with Gasteiger partial charge in [0.25, 0.3) is 0 Å². The van der Waals surface area contributed by atoms with Crippen LogP contribution in [0.1, 0.15) is 23.9 Å². The van der Waals surface area contributed by atoms with Gasteiger partial charge in [-0.2, -0.15) is 11.8 Å². The maximum atomic E-state index is 4.25. The van der Waals surface area contributed by atoms with Gasteiger partial charge in [0.15, 0.2) is 0 Å². The zero-order valence-electron chi connectivity index (χ0n) is 8.62. The highest BCUT2D eigenvalue weighted by Crippen LogP contribution is 2.26. The van der Waals surface area contributed by atoms with Crippen molar-refractivity contribution >= 4 is 23.1 Å². The van der Waals surface area contributed by atoms with Gasteiger partial charge < -0.3 is 5.32 Å². The van der Waals surface area contributed by atoms with Crippen LogP contribution >= 0.6 is 23.1 Å². The minimum Gasteiger partial charge on any atom is -0.308 e. The third-order valence-corrected chi connectivity index (χ3v) is 5.01. The lowest BCUT2D eigenvalue weighted by molar-refractivity contribution is 0.514. The average molecular weight is 228 g/mol. The number of nitrogens with zero attached hydrogens (tertiary/aromatic N) is 1. The summed E-state index contributed by atoms with van der Waals surface area (Å²) in [6.45, 7) is 5.39. The Bertz CT molecular complexity index is 298. The van der Waals surface area contributed by atoms with Crippen molar-refractivity contribution in [1.82, 2.24) is 10.3 Å². The molecule has 78 valence electrons. The predicted molar refractivity (Wildman–Crippen MR) is 64.0 cm³/mol. The SMILES string of the molecule is Cc1ncsc1CNC1CCSC1C. The fraction of sp³-hybridized carbons (Fsp3) is 0.700. The van der Waals surface area contributed by atoms with Gasteiger partial charge in [0.05, 0.1) is 11.2 Å². The number of hydrogen-bond donors (Lipinski definition) is 1. The largest absolute Gasteiger partial charge is 0.308 e. The summed E-state index contributed by atoms with van der Waals surface area (Å²) in [4.78, 5) is 5.64. The Hall–Kier alpha value is -0.0600. The Labute approximate surface area is 93.5 Å². The van der Waals surface area contributed by atoms with E-state index in [0.29, 0.717) is 6.04 Å². The maximum absolute atomic E-state index is 4.25. The minimum absolute atomic E-state index is 0.696. The first-order valence-corrected chi connectivity index (χ1v) is 6.94. The standard InChI is InChI=1S/C10H16N2S2/c1-7-10(14-6-12-7)5-11-9-3-4-13-8(9)2/h6,8-9,11H,3-5H2,1-2H3. The molecule has 1 fully saturated rings. The molecule has 0 radical (unpaired) electrons. The Morgan fingerprint density at radius 3 is 3.07 bits per heavy atom. The second-order valence-corrected chi connectivity index (χ2v) is 6.14. The first-order valence-electron chi connectivity index (χ1n) is 5.01. The molecule has 0 spiro atoms. The zero-order chi connectivity index (χ0) is 9.97. The summed E-state index contributed by atoms with van der Waals surface area (Å²) in [6, 6.07) is 0.696. The van der Waals surface area contributed by atoms with E-state index in [1.807, 2.05) is 5.51 Å². The van der Waals surface area contributed by atoms with Crippen molar-refractivity contribution in [3.63, 3.8) is 0 Å². The maximum Gasteiger partial charge on any atom is 0.0798 e. The molecular weight excluding hydrogens is 212 g/mol. The van der Waals surface area contributed by atoms with Gasteiger partial charge in [0, 0.05) is 22.7 Å². The Morgan fingerprint density at radius 2 is 2.50 bits per heavy atom. The highest BCUT2D eigenvalue weighted by molar-refractivity contribution is 8.00. The molecule has 1 aliphatic heterocycles. The molecule has 2 atom stereocenters. The molecule has 0 saturated carbocycles. The van der Waals surface area contributed by atoms with E-state index in [1.165, 1.54) is 22.7 Å². The van der Waals surface area contributed by atoms with Crippen LogP contribution in [0.3, 0.4) is 0 Å². The molecule has 2 nitrogen and oxygen atoms in total.